The van der Waals surface area contributed by atoms with Crippen LogP contribution in [0.4, 0.5) is 5.69 Å². The summed E-state index contributed by atoms with van der Waals surface area (Å²) in [6.45, 7) is 3.12. The van der Waals surface area contributed by atoms with Gasteiger partial charge in [-0.05, 0) is 69.9 Å². The van der Waals surface area contributed by atoms with Gasteiger partial charge in [0.2, 0.25) is 5.91 Å². The predicted octanol–water partition coefficient (Wildman–Crippen LogP) is 2.86. The van der Waals surface area contributed by atoms with Gasteiger partial charge in [0.1, 0.15) is 5.75 Å². The number of benzene rings is 1. The summed E-state index contributed by atoms with van der Waals surface area (Å²) in [7, 11) is 0. The van der Waals surface area contributed by atoms with Gasteiger partial charge in [0.15, 0.2) is 0 Å². The largest absolute Gasteiger partial charge is 0.506 e. The molecular weight excluding hydrogens is 316 g/mol. The molecule has 0 saturated carbocycles. The van der Waals surface area contributed by atoms with E-state index in [-0.39, 0.29) is 24.2 Å². The normalized spacial score (nSPS) is 16.4. The van der Waals surface area contributed by atoms with E-state index < -0.39 is 0 Å². The van der Waals surface area contributed by atoms with Crippen LogP contribution in [0.3, 0.4) is 0 Å². The molecule has 0 aliphatic carbocycles. The number of amides is 1. The fraction of sp³-hybridized carbons (Fsp3) is 0.588. The van der Waals surface area contributed by atoms with Crippen LogP contribution in [0.5, 0.6) is 5.75 Å². The van der Waals surface area contributed by atoms with E-state index >= 15 is 0 Å². The average Bonchev–Trinajstić information content (AvgIpc) is 2.55. The van der Waals surface area contributed by atoms with Crippen LogP contribution in [0.1, 0.15) is 32.1 Å². The van der Waals surface area contributed by atoms with Crippen LogP contribution in [-0.2, 0) is 4.79 Å². The van der Waals surface area contributed by atoms with Gasteiger partial charge < -0.3 is 20.4 Å². The second-order valence-electron chi connectivity index (χ2n) is 6.05. The zero-order valence-electron chi connectivity index (χ0n) is 13.3. The van der Waals surface area contributed by atoms with E-state index in [2.05, 4.69) is 10.2 Å². The van der Waals surface area contributed by atoms with Crippen LogP contribution in [0.15, 0.2) is 18.2 Å². The summed E-state index contributed by atoms with van der Waals surface area (Å²) in [5, 5.41) is 21.8. The molecule has 1 heterocycles. The highest BCUT2D eigenvalue weighted by Crippen LogP contribution is 2.28. The summed E-state index contributed by atoms with van der Waals surface area (Å²) in [6.07, 6.45) is 4.65. The summed E-state index contributed by atoms with van der Waals surface area (Å²) in [5.74, 6) is -0.0476. The van der Waals surface area contributed by atoms with Gasteiger partial charge >= 0.3 is 0 Å². The Balaban J connectivity index is 1.76. The maximum atomic E-state index is 12.3. The maximum Gasteiger partial charge on any atom is 0.227 e. The lowest BCUT2D eigenvalue weighted by Gasteiger charge is -2.31. The molecule has 6 heteroatoms. The lowest BCUT2D eigenvalue weighted by molar-refractivity contribution is -0.121. The highest BCUT2D eigenvalue weighted by atomic mass is 35.5. The van der Waals surface area contributed by atoms with Crippen molar-refractivity contribution in [3.63, 3.8) is 0 Å². The van der Waals surface area contributed by atoms with Crippen LogP contribution >= 0.6 is 11.6 Å². The first kappa shape index (κ1) is 18.0. The summed E-state index contributed by atoms with van der Waals surface area (Å²) in [5.41, 5.74) is 0.369. The molecule has 0 spiro atoms. The fourth-order valence-electron chi connectivity index (χ4n) is 2.89. The molecule has 1 aromatic rings. The number of phenols is 1. The summed E-state index contributed by atoms with van der Waals surface area (Å²) in [6, 6.07) is 4.62. The molecule has 128 valence electrons. The maximum absolute atomic E-state index is 12.3. The molecule has 1 aliphatic rings. The third kappa shape index (κ3) is 5.68. The first-order valence-corrected chi connectivity index (χ1v) is 8.60. The Hall–Kier alpha value is -1.30. The molecule has 1 saturated heterocycles. The van der Waals surface area contributed by atoms with Gasteiger partial charge in [-0.15, -0.1) is 0 Å². The van der Waals surface area contributed by atoms with Crippen molar-refractivity contribution < 1.29 is 15.0 Å². The van der Waals surface area contributed by atoms with E-state index in [1.165, 1.54) is 6.07 Å². The first-order chi connectivity index (χ1) is 11.1. The Bertz CT molecular complexity index is 517. The number of aliphatic hydroxyl groups excluding tert-OH is 1. The second kappa shape index (κ2) is 9.11. The number of nitrogens with zero attached hydrogens (tertiary/aromatic N) is 1. The molecular formula is C17H25ClN2O3. The standard InChI is InChI=1S/C17H25ClN2O3/c18-14-4-5-16(22)15(12-14)19-17(23)13-6-9-20(10-7-13)8-2-1-3-11-21/h4-5,12-13,21-22H,1-3,6-11H2,(H,19,23). The number of carbonyl (C=O) groups excluding carboxylic acids is 1. The van der Waals surface area contributed by atoms with Crippen LogP contribution in [-0.4, -0.2) is 47.3 Å². The number of aliphatic hydroxyl groups is 1. The number of phenolic OH excluding ortho intramolecular Hbond substituents is 1. The monoisotopic (exact) mass is 340 g/mol. The van der Waals surface area contributed by atoms with E-state index in [1.54, 1.807) is 12.1 Å². The summed E-state index contributed by atoms with van der Waals surface area (Å²) >= 11 is 5.89. The van der Waals surface area contributed by atoms with Crippen LogP contribution < -0.4 is 5.32 Å². The smallest absolute Gasteiger partial charge is 0.227 e. The van der Waals surface area contributed by atoms with Gasteiger partial charge in [-0.1, -0.05) is 11.6 Å². The third-order valence-corrected chi connectivity index (χ3v) is 4.54. The summed E-state index contributed by atoms with van der Waals surface area (Å²) < 4.78 is 0. The molecule has 0 atom stereocenters. The highest BCUT2D eigenvalue weighted by Gasteiger charge is 2.25. The molecule has 23 heavy (non-hydrogen) atoms. The predicted molar refractivity (Wildman–Crippen MR) is 91.8 cm³/mol. The second-order valence-corrected chi connectivity index (χ2v) is 6.49. The van der Waals surface area contributed by atoms with Crippen molar-refractivity contribution in [1.29, 1.82) is 0 Å². The van der Waals surface area contributed by atoms with Crippen molar-refractivity contribution in [3.8, 4) is 5.75 Å². The Kier molecular flexibility index (Phi) is 7.15. The number of aromatic hydroxyl groups is 1. The highest BCUT2D eigenvalue weighted by molar-refractivity contribution is 6.31. The number of carbonyl (C=O) groups is 1. The molecule has 0 unspecified atom stereocenters. The summed E-state index contributed by atoms with van der Waals surface area (Å²) in [4.78, 5) is 14.7. The van der Waals surface area contributed by atoms with E-state index in [9.17, 15) is 9.90 Å². The molecule has 1 fully saturated rings. The minimum Gasteiger partial charge on any atom is -0.506 e. The molecule has 1 aromatic carbocycles. The molecule has 0 radical (unpaired) electrons. The van der Waals surface area contributed by atoms with Crippen molar-refractivity contribution in [1.82, 2.24) is 4.90 Å². The third-order valence-electron chi connectivity index (χ3n) is 4.31. The number of anilines is 1. The number of hydrogen-bond acceptors (Lipinski definition) is 4. The number of rotatable bonds is 7. The van der Waals surface area contributed by atoms with Crippen molar-refractivity contribution in [3.05, 3.63) is 23.2 Å². The van der Waals surface area contributed by atoms with Crippen molar-refractivity contribution in [2.24, 2.45) is 5.92 Å². The number of hydrogen-bond donors (Lipinski definition) is 3. The number of piperidine rings is 1. The number of nitrogens with one attached hydrogen (secondary N) is 1. The van der Waals surface area contributed by atoms with Crippen molar-refractivity contribution in [2.75, 3.05) is 31.6 Å². The minimum atomic E-state index is -0.0532. The SMILES string of the molecule is O=C(Nc1cc(Cl)ccc1O)C1CCN(CCCCCO)CC1. The van der Waals surface area contributed by atoms with E-state index in [0.717, 1.165) is 51.7 Å². The molecule has 0 aromatic heterocycles. The Morgan fingerprint density at radius 1 is 1.26 bits per heavy atom. The first-order valence-electron chi connectivity index (χ1n) is 8.22. The van der Waals surface area contributed by atoms with Gasteiger partial charge in [-0.3, -0.25) is 4.79 Å². The molecule has 3 N–H and O–H groups in total. The lowest BCUT2D eigenvalue weighted by Crippen LogP contribution is -2.38. The van der Waals surface area contributed by atoms with E-state index in [0.29, 0.717) is 10.7 Å². The minimum absolute atomic E-state index is 0.0259. The topological polar surface area (TPSA) is 72.8 Å². The molecule has 5 nitrogen and oxygen atoms in total. The Morgan fingerprint density at radius 2 is 2.00 bits per heavy atom. The Labute approximate surface area is 142 Å². The number of likely N-dealkylation sites (tertiary alicyclic amines) is 1. The van der Waals surface area contributed by atoms with Gasteiger partial charge in [0.25, 0.3) is 0 Å². The van der Waals surface area contributed by atoms with Gasteiger partial charge in [-0.25, -0.2) is 0 Å². The lowest BCUT2D eigenvalue weighted by atomic mass is 9.95. The quantitative estimate of drug-likeness (QED) is 0.527. The van der Waals surface area contributed by atoms with Gasteiger partial charge in [-0.2, -0.15) is 0 Å². The molecule has 2 rings (SSSR count). The van der Waals surface area contributed by atoms with Crippen molar-refractivity contribution >= 4 is 23.2 Å². The molecule has 0 bridgehead atoms. The molecule has 1 aliphatic heterocycles. The molecule has 1 amide bonds. The average molecular weight is 341 g/mol. The van der Waals surface area contributed by atoms with Gasteiger partial charge in [0.05, 0.1) is 5.69 Å². The number of halogens is 1. The van der Waals surface area contributed by atoms with Crippen LogP contribution in [0.25, 0.3) is 0 Å². The van der Waals surface area contributed by atoms with Crippen LogP contribution in [0, 0.1) is 5.92 Å². The number of unbranched alkanes of at least 4 members (excludes halogenated alkanes) is 2. The Morgan fingerprint density at radius 3 is 2.70 bits per heavy atom. The zero-order chi connectivity index (χ0) is 16.7. The zero-order valence-corrected chi connectivity index (χ0v) is 14.1. The van der Waals surface area contributed by atoms with E-state index in [4.69, 9.17) is 16.7 Å². The van der Waals surface area contributed by atoms with Gasteiger partial charge in [0, 0.05) is 17.5 Å². The van der Waals surface area contributed by atoms with Crippen molar-refractivity contribution in [2.45, 2.75) is 32.1 Å². The van der Waals surface area contributed by atoms with E-state index in [1.807, 2.05) is 0 Å². The fourth-order valence-corrected chi connectivity index (χ4v) is 3.06. The van der Waals surface area contributed by atoms with Crippen LogP contribution in [0.2, 0.25) is 5.02 Å².